The summed E-state index contributed by atoms with van der Waals surface area (Å²) < 4.78 is 11.4. The Labute approximate surface area is 348 Å². The first-order valence-electron chi connectivity index (χ1n) is 17.7. The average Bonchev–Trinajstić information content (AvgIpc) is 3.77. The first-order chi connectivity index (χ1) is 26.4. The zero-order valence-electron chi connectivity index (χ0n) is 33.3. The molecule has 0 bridgehead atoms. The lowest BCUT2D eigenvalue weighted by Crippen LogP contribution is -2.18. The molecule has 0 saturated heterocycles. The highest BCUT2D eigenvalue weighted by molar-refractivity contribution is 8.26. The van der Waals surface area contributed by atoms with E-state index >= 15 is 0 Å². The molecule has 0 saturated carbocycles. The number of aromatic nitrogens is 9. The van der Waals surface area contributed by atoms with E-state index in [-0.39, 0.29) is 18.9 Å². The van der Waals surface area contributed by atoms with Crippen LogP contribution in [0.5, 0.6) is 0 Å². The predicted octanol–water partition coefficient (Wildman–Crippen LogP) is 9.64. The molecule has 0 radical (unpaired) electrons. The lowest BCUT2D eigenvalue weighted by atomic mass is 9.86. The highest BCUT2D eigenvalue weighted by atomic mass is 36.0. The number of nitrogens with zero attached hydrogens (tertiary/aromatic N) is 9. The lowest BCUT2D eigenvalue weighted by Gasteiger charge is -2.21. The Morgan fingerprint density at radius 3 is 1.68 bits per heavy atom. The maximum absolute atomic E-state index is 9.09. The summed E-state index contributed by atoms with van der Waals surface area (Å²) in [6, 6.07) is 10.5. The molecule has 1 aliphatic carbocycles. The Balaban J connectivity index is 0.000000268. The molecule has 0 amide bonds. The van der Waals surface area contributed by atoms with Gasteiger partial charge in [0.15, 0.2) is 0 Å². The van der Waals surface area contributed by atoms with Gasteiger partial charge in [-0.15, -0.1) is 11.6 Å². The number of rotatable bonds is 4. The summed E-state index contributed by atoms with van der Waals surface area (Å²) in [5.74, 6) is 2.79. The van der Waals surface area contributed by atoms with Gasteiger partial charge >= 0.3 is 0 Å². The molecule has 1 N–H and O–H groups in total. The van der Waals surface area contributed by atoms with Crippen LogP contribution in [-0.4, -0.2) is 53.8 Å². The van der Waals surface area contributed by atoms with Crippen LogP contribution in [0.1, 0.15) is 94.1 Å². The van der Waals surface area contributed by atoms with Gasteiger partial charge in [0, 0.05) is 112 Å². The number of allylic oxidation sites excluding steroid dienone is 1. The third-order valence-corrected chi connectivity index (χ3v) is 8.49. The standard InChI is InChI=1S/C17H20N4.C12H15N.C6H7ClN2.C6H8N2O.Cl2OS.H2/c1-12-19-9-13(10-20-12)11-21-15(17(2,3)4)8-14-6-5-7-18-16(14)21;1-12(2,3)10-7-9-5-4-6-13-11(9)8-10;1-5-8-3-6(2-7)4-9-5;1-5-7-2-6(4-9)3-8-5;1-4(2)3;/h5-10H,11H2,1-4H3;4-7H,8H2,1-3H3;3-4H,2H2,1H3;2-3,9H,4H2,1H3;;1H/i;;;;;1+2. The third kappa shape index (κ3) is 15.4. The van der Waals surface area contributed by atoms with Crippen molar-refractivity contribution in [1.29, 1.82) is 0 Å². The van der Waals surface area contributed by atoms with Crippen LogP contribution >= 0.6 is 33.0 Å². The van der Waals surface area contributed by atoms with Crippen LogP contribution in [-0.2, 0) is 40.1 Å². The number of hydrogen-bond acceptors (Lipinski definition) is 10. The fourth-order valence-electron chi connectivity index (χ4n) is 5.17. The number of halogens is 3. The first kappa shape index (κ1) is 46.2. The molecule has 0 unspecified atom stereocenters. The molecule has 0 atom stereocenters. The molecule has 6 aromatic heterocycles. The summed E-state index contributed by atoms with van der Waals surface area (Å²) in [7, 11) is 7.36. The van der Waals surface area contributed by atoms with Crippen molar-refractivity contribution >= 4 is 59.3 Å². The normalized spacial score (nSPS) is 11.8. The molecule has 0 spiro atoms. The third-order valence-electron chi connectivity index (χ3n) is 8.18. The number of aryl methyl sites for hydroxylation is 3. The Morgan fingerprint density at radius 1 is 0.732 bits per heavy atom. The van der Waals surface area contributed by atoms with Gasteiger partial charge in [-0.2, -0.15) is 0 Å². The highest BCUT2D eigenvalue weighted by Crippen LogP contribution is 2.35. The topological polar surface area (TPSA) is 145 Å². The Morgan fingerprint density at radius 2 is 1.21 bits per heavy atom. The van der Waals surface area contributed by atoms with Crippen LogP contribution in [0.15, 0.2) is 85.5 Å². The van der Waals surface area contributed by atoms with E-state index in [1.54, 1.807) is 31.7 Å². The Bertz CT molecular complexity index is 2120. The van der Waals surface area contributed by atoms with Gasteiger partial charge in [-0.05, 0) is 56.0 Å². The largest absolute Gasteiger partial charge is 0.392 e. The number of aliphatic hydroxyl groups is 1. The van der Waals surface area contributed by atoms with E-state index in [0.29, 0.717) is 5.88 Å². The monoisotopic (exact) mass is 841 g/mol. The molecule has 56 heavy (non-hydrogen) atoms. The van der Waals surface area contributed by atoms with Crippen molar-refractivity contribution in [3.63, 3.8) is 0 Å². The van der Waals surface area contributed by atoms with E-state index in [1.165, 1.54) is 27.9 Å². The van der Waals surface area contributed by atoms with Gasteiger partial charge in [-0.1, -0.05) is 59.3 Å². The van der Waals surface area contributed by atoms with Gasteiger partial charge in [0.05, 0.1) is 24.7 Å². The van der Waals surface area contributed by atoms with Crippen LogP contribution < -0.4 is 0 Å². The SMILES string of the molecule is CC(C)(C)C1=Cc2cccnc2C1.Cc1ncc(CCl)cn1.Cc1ncc(CO)cn1.Cc1ncc(Cn2c(C(C)(C)C)cc3cccnc32)cn1.O=S(Cl)Cl.[3HH]. The molecule has 15 heteroatoms. The summed E-state index contributed by atoms with van der Waals surface area (Å²) in [6.45, 7) is 19.8. The number of pyridine rings is 2. The average molecular weight is 843 g/mol. The molecule has 11 nitrogen and oxygen atoms in total. The minimum absolute atomic E-state index is 0. The lowest BCUT2D eigenvalue weighted by molar-refractivity contribution is 0.281. The van der Waals surface area contributed by atoms with Crippen LogP contribution in [0.4, 0.5) is 0 Å². The Hall–Kier alpha value is -4.20. The van der Waals surface area contributed by atoms with Gasteiger partial charge < -0.3 is 9.67 Å². The summed E-state index contributed by atoms with van der Waals surface area (Å²) in [5.41, 5.74) is 9.45. The van der Waals surface area contributed by atoms with Crippen molar-refractivity contribution in [3.05, 3.63) is 137 Å². The Kier molecular flexibility index (Phi) is 18.1. The summed E-state index contributed by atoms with van der Waals surface area (Å²) in [6.07, 6.45) is 17.5. The number of alkyl halides is 1. The molecule has 0 aromatic carbocycles. The molecule has 300 valence electrons. The van der Waals surface area contributed by atoms with Crippen molar-refractivity contribution in [1.82, 2.24) is 44.4 Å². The van der Waals surface area contributed by atoms with Crippen LogP contribution in [0, 0.1) is 26.2 Å². The second kappa shape index (κ2) is 21.9. The van der Waals surface area contributed by atoms with E-state index in [0.717, 1.165) is 52.8 Å². The van der Waals surface area contributed by atoms with Crippen LogP contribution in [0.25, 0.3) is 17.1 Å². The van der Waals surface area contributed by atoms with E-state index < -0.39 is 9.23 Å². The number of aliphatic hydroxyl groups excluding tert-OH is 1. The van der Waals surface area contributed by atoms with Gasteiger partial charge in [-0.25, -0.2) is 39.1 Å². The van der Waals surface area contributed by atoms with E-state index in [1.807, 2.05) is 50.8 Å². The van der Waals surface area contributed by atoms with Gasteiger partial charge in [0.1, 0.15) is 23.1 Å². The van der Waals surface area contributed by atoms with Gasteiger partial charge in [0.25, 0.3) is 0 Å². The van der Waals surface area contributed by atoms with Crippen molar-refractivity contribution < 1.29 is 10.7 Å². The van der Waals surface area contributed by atoms with Crippen molar-refractivity contribution in [3.8, 4) is 0 Å². The van der Waals surface area contributed by atoms with Crippen LogP contribution in [0.2, 0.25) is 0 Å². The van der Waals surface area contributed by atoms with E-state index in [2.05, 4.69) is 132 Å². The first-order valence-corrected chi connectivity index (χ1v) is 21.1. The molecular formula is C41H52Cl3N9O2S. The number of fused-ring (bicyclic) bond motifs is 2. The molecule has 6 heterocycles. The van der Waals surface area contributed by atoms with Gasteiger partial charge in [-0.3, -0.25) is 4.98 Å². The minimum Gasteiger partial charge on any atom is -0.392 e. The number of hydrogen-bond donors (Lipinski definition) is 1. The van der Waals surface area contributed by atoms with Crippen molar-refractivity contribution in [2.24, 2.45) is 5.41 Å². The van der Waals surface area contributed by atoms with E-state index in [4.69, 9.17) is 20.9 Å². The van der Waals surface area contributed by atoms with Crippen molar-refractivity contribution in [2.75, 3.05) is 0 Å². The highest BCUT2D eigenvalue weighted by Gasteiger charge is 2.23. The zero-order valence-corrected chi connectivity index (χ0v) is 36.4. The second-order valence-corrected chi connectivity index (χ2v) is 17.6. The molecule has 6 aromatic rings. The summed E-state index contributed by atoms with van der Waals surface area (Å²) in [5, 5.41) is 9.72. The quantitative estimate of drug-likeness (QED) is 0.135. The zero-order chi connectivity index (χ0) is 41.5. The molecular weight excluding hydrogens is 789 g/mol. The fourth-order valence-corrected chi connectivity index (χ4v) is 5.31. The maximum Gasteiger partial charge on any atom is 0.211 e. The molecule has 7 rings (SSSR count). The van der Waals surface area contributed by atoms with E-state index in [9.17, 15) is 0 Å². The predicted molar refractivity (Wildman–Crippen MR) is 231 cm³/mol. The molecule has 1 aliphatic rings. The van der Waals surface area contributed by atoms with Crippen LogP contribution in [0.3, 0.4) is 0 Å². The molecule has 0 aliphatic heterocycles. The fraction of sp³-hybridized carbons (Fsp3) is 0.366. The maximum atomic E-state index is 9.09. The minimum atomic E-state index is -1.67. The smallest absolute Gasteiger partial charge is 0.211 e. The molecule has 0 fully saturated rings. The van der Waals surface area contributed by atoms with Crippen molar-refractivity contribution in [2.45, 2.75) is 93.2 Å². The summed E-state index contributed by atoms with van der Waals surface area (Å²) >= 11 is 5.50. The second-order valence-electron chi connectivity index (χ2n) is 14.8. The summed E-state index contributed by atoms with van der Waals surface area (Å²) in [4.78, 5) is 33.2. The van der Waals surface area contributed by atoms with Gasteiger partial charge in [0.2, 0.25) is 9.23 Å².